The molecule has 0 aliphatic heterocycles. The first-order valence-electron chi connectivity index (χ1n) is 6.37. The Morgan fingerprint density at radius 3 is 2.65 bits per heavy atom. The summed E-state index contributed by atoms with van der Waals surface area (Å²) in [5.74, 6) is 0. The summed E-state index contributed by atoms with van der Waals surface area (Å²) in [7, 11) is -2.12. The van der Waals surface area contributed by atoms with Gasteiger partial charge in [0.15, 0.2) is 5.03 Å². The van der Waals surface area contributed by atoms with Crippen molar-refractivity contribution in [1.29, 1.82) is 0 Å². The van der Waals surface area contributed by atoms with Gasteiger partial charge in [0.1, 0.15) is 0 Å². The van der Waals surface area contributed by atoms with E-state index in [4.69, 9.17) is 4.74 Å². The lowest BCUT2D eigenvalue weighted by Crippen LogP contribution is -2.35. The zero-order chi connectivity index (χ0) is 15.4. The summed E-state index contributed by atoms with van der Waals surface area (Å²) in [5.41, 5.74) is 0.618. The van der Waals surface area contributed by atoms with E-state index in [0.29, 0.717) is 17.9 Å². The molecular weight excluding hydrogens is 282 g/mol. The molecule has 0 aromatic carbocycles. The van der Waals surface area contributed by atoms with Gasteiger partial charge < -0.3 is 9.84 Å². The first kappa shape index (κ1) is 17.1. The number of H-pyrrole nitrogens is 1. The lowest BCUT2D eigenvalue weighted by molar-refractivity contribution is 0.153. The first-order valence-corrected chi connectivity index (χ1v) is 7.85. The second-order valence-electron chi connectivity index (χ2n) is 5.52. The van der Waals surface area contributed by atoms with E-state index in [1.807, 2.05) is 13.8 Å². The van der Waals surface area contributed by atoms with Crippen LogP contribution in [-0.4, -0.2) is 44.0 Å². The number of aromatic nitrogens is 2. The van der Waals surface area contributed by atoms with Gasteiger partial charge in [-0.1, -0.05) is 13.8 Å². The molecule has 0 aliphatic carbocycles. The van der Waals surface area contributed by atoms with Crippen LogP contribution in [-0.2, 0) is 21.4 Å². The van der Waals surface area contributed by atoms with Crippen molar-refractivity contribution in [3.05, 3.63) is 11.3 Å². The fourth-order valence-corrected chi connectivity index (χ4v) is 3.09. The molecule has 0 spiro atoms. The van der Waals surface area contributed by atoms with E-state index in [0.717, 1.165) is 6.42 Å². The highest BCUT2D eigenvalue weighted by Gasteiger charge is 2.26. The van der Waals surface area contributed by atoms with Gasteiger partial charge in [0, 0.05) is 31.5 Å². The summed E-state index contributed by atoms with van der Waals surface area (Å²) in [6, 6.07) is 0. The highest BCUT2D eigenvalue weighted by atomic mass is 32.2. The summed E-state index contributed by atoms with van der Waals surface area (Å²) in [6.07, 6.45) is 0.735. The van der Waals surface area contributed by atoms with Gasteiger partial charge in [0.25, 0.3) is 10.0 Å². The third-order valence-electron chi connectivity index (χ3n) is 3.17. The predicted octanol–water partition coefficient (Wildman–Crippen LogP) is 0.551. The molecule has 116 valence electrons. The van der Waals surface area contributed by atoms with Crippen LogP contribution in [0.5, 0.6) is 0 Å². The van der Waals surface area contributed by atoms with Gasteiger partial charge >= 0.3 is 0 Å². The zero-order valence-corrected chi connectivity index (χ0v) is 13.2. The van der Waals surface area contributed by atoms with Crippen LogP contribution >= 0.6 is 0 Å². The van der Waals surface area contributed by atoms with E-state index >= 15 is 0 Å². The van der Waals surface area contributed by atoms with E-state index < -0.39 is 10.0 Å². The largest absolute Gasteiger partial charge is 0.392 e. The smallest absolute Gasteiger partial charge is 0.260 e. The van der Waals surface area contributed by atoms with Gasteiger partial charge in [-0.05, 0) is 18.8 Å². The molecule has 1 aromatic heterocycles. The van der Waals surface area contributed by atoms with Gasteiger partial charge in [0.05, 0.1) is 6.61 Å². The molecule has 0 radical (unpaired) electrons. The number of hydrogen-bond acceptors (Lipinski definition) is 5. The van der Waals surface area contributed by atoms with Crippen LogP contribution in [0.3, 0.4) is 0 Å². The van der Waals surface area contributed by atoms with Crippen LogP contribution in [0.1, 0.15) is 31.5 Å². The molecule has 1 rings (SSSR count). The SMILES string of the molecule is COCCC(C)(C)CNS(=O)(=O)c1n[nH]c(C)c1CO. The molecule has 0 fully saturated rings. The predicted molar refractivity (Wildman–Crippen MR) is 74.7 cm³/mol. The number of methoxy groups -OCH3 is 1. The number of aromatic amines is 1. The van der Waals surface area contributed by atoms with Crippen molar-refractivity contribution in [1.82, 2.24) is 14.9 Å². The molecule has 1 aromatic rings. The minimum Gasteiger partial charge on any atom is -0.392 e. The van der Waals surface area contributed by atoms with Gasteiger partial charge in [-0.15, -0.1) is 0 Å². The quantitative estimate of drug-likeness (QED) is 0.650. The zero-order valence-electron chi connectivity index (χ0n) is 12.4. The molecule has 0 atom stereocenters. The summed E-state index contributed by atoms with van der Waals surface area (Å²) in [4.78, 5) is 0. The molecule has 3 N–H and O–H groups in total. The van der Waals surface area contributed by atoms with Crippen LogP contribution in [0.25, 0.3) is 0 Å². The number of sulfonamides is 1. The first-order chi connectivity index (χ1) is 9.23. The van der Waals surface area contributed by atoms with Crippen LogP contribution < -0.4 is 4.72 Å². The molecule has 20 heavy (non-hydrogen) atoms. The van der Waals surface area contributed by atoms with Gasteiger partial charge in [-0.2, -0.15) is 5.10 Å². The number of aliphatic hydroxyl groups excluding tert-OH is 1. The van der Waals surface area contributed by atoms with Crippen molar-refractivity contribution in [3.8, 4) is 0 Å². The standard InChI is InChI=1S/C12H23N3O4S/c1-9-10(7-16)11(15-14-9)20(17,18)13-8-12(2,3)5-6-19-4/h13,16H,5-8H2,1-4H3,(H,14,15). The lowest BCUT2D eigenvalue weighted by Gasteiger charge is -2.24. The average molecular weight is 305 g/mol. The maximum atomic E-state index is 12.2. The van der Waals surface area contributed by atoms with Crippen LogP contribution in [0.4, 0.5) is 0 Å². The Morgan fingerprint density at radius 1 is 1.45 bits per heavy atom. The maximum Gasteiger partial charge on any atom is 0.260 e. The van der Waals surface area contributed by atoms with Crippen molar-refractivity contribution in [2.24, 2.45) is 5.41 Å². The average Bonchev–Trinajstić information content (AvgIpc) is 2.76. The number of nitrogens with zero attached hydrogens (tertiary/aromatic N) is 1. The molecule has 0 amide bonds. The monoisotopic (exact) mass is 305 g/mol. The minimum absolute atomic E-state index is 0.139. The van der Waals surface area contributed by atoms with E-state index in [1.165, 1.54) is 0 Å². The van der Waals surface area contributed by atoms with E-state index in [-0.39, 0.29) is 23.6 Å². The third kappa shape index (κ3) is 4.27. The normalized spacial score (nSPS) is 12.8. The molecule has 0 saturated carbocycles. The molecule has 0 saturated heterocycles. The topological polar surface area (TPSA) is 104 Å². The Bertz CT molecular complexity index is 537. The molecule has 1 heterocycles. The molecule has 0 bridgehead atoms. The van der Waals surface area contributed by atoms with Crippen molar-refractivity contribution in [3.63, 3.8) is 0 Å². The Balaban J connectivity index is 2.80. The van der Waals surface area contributed by atoms with Crippen LogP contribution in [0, 0.1) is 12.3 Å². The molecular formula is C12H23N3O4S. The Hall–Kier alpha value is -0.960. The summed E-state index contributed by atoms with van der Waals surface area (Å²) >= 11 is 0. The van der Waals surface area contributed by atoms with E-state index in [9.17, 15) is 13.5 Å². The fourth-order valence-electron chi connectivity index (χ4n) is 1.66. The summed E-state index contributed by atoms with van der Waals surface area (Å²) in [5, 5.41) is 15.4. The van der Waals surface area contributed by atoms with Crippen molar-refractivity contribution < 1.29 is 18.3 Å². The maximum absolute atomic E-state index is 12.2. The second kappa shape index (κ2) is 6.66. The number of ether oxygens (including phenoxy) is 1. The Morgan fingerprint density at radius 2 is 2.10 bits per heavy atom. The molecule has 7 nitrogen and oxygen atoms in total. The number of aliphatic hydroxyl groups is 1. The van der Waals surface area contributed by atoms with E-state index in [1.54, 1.807) is 14.0 Å². The highest BCUT2D eigenvalue weighted by molar-refractivity contribution is 7.89. The van der Waals surface area contributed by atoms with Gasteiger partial charge in [-0.25, -0.2) is 13.1 Å². The van der Waals surface area contributed by atoms with Crippen molar-refractivity contribution in [2.45, 2.75) is 38.8 Å². The van der Waals surface area contributed by atoms with E-state index in [2.05, 4.69) is 14.9 Å². The third-order valence-corrected chi connectivity index (χ3v) is 4.54. The van der Waals surface area contributed by atoms with Crippen molar-refractivity contribution >= 4 is 10.0 Å². The Kier molecular flexibility index (Phi) is 5.69. The fraction of sp³-hybridized carbons (Fsp3) is 0.750. The molecule has 0 unspecified atom stereocenters. The highest BCUT2D eigenvalue weighted by Crippen LogP contribution is 2.21. The number of rotatable bonds is 8. The second-order valence-corrected chi connectivity index (χ2v) is 7.20. The van der Waals surface area contributed by atoms with Gasteiger partial charge in [-0.3, -0.25) is 5.10 Å². The van der Waals surface area contributed by atoms with Gasteiger partial charge in [0.2, 0.25) is 0 Å². The lowest BCUT2D eigenvalue weighted by atomic mass is 9.90. The number of nitrogens with one attached hydrogen (secondary N) is 2. The Labute approximate surface area is 119 Å². The van der Waals surface area contributed by atoms with Crippen molar-refractivity contribution in [2.75, 3.05) is 20.3 Å². The van der Waals surface area contributed by atoms with Crippen LogP contribution in [0.2, 0.25) is 0 Å². The summed E-state index contributed by atoms with van der Waals surface area (Å²) in [6.45, 7) is 6.05. The molecule has 8 heteroatoms. The minimum atomic E-state index is -3.73. The number of aryl methyl sites for hydroxylation is 1. The number of hydrogen-bond donors (Lipinski definition) is 3. The molecule has 0 aliphatic rings. The summed E-state index contributed by atoms with van der Waals surface area (Å²) < 4.78 is 32.0. The van der Waals surface area contributed by atoms with Crippen LogP contribution in [0.15, 0.2) is 5.03 Å².